The lowest BCUT2D eigenvalue weighted by Gasteiger charge is -2.23. The van der Waals surface area contributed by atoms with E-state index in [-0.39, 0.29) is 0 Å². The van der Waals surface area contributed by atoms with Crippen LogP contribution in [0.3, 0.4) is 0 Å². The molecule has 0 aliphatic heterocycles. The van der Waals surface area contributed by atoms with Gasteiger partial charge >= 0.3 is 0 Å². The van der Waals surface area contributed by atoms with Crippen LogP contribution in [0.2, 0.25) is 0 Å². The lowest BCUT2D eigenvalue weighted by molar-refractivity contribution is 0.662. The van der Waals surface area contributed by atoms with Gasteiger partial charge in [-0.1, -0.05) is 97.6 Å². The van der Waals surface area contributed by atoms with Crippen LogP contribution in [0.25, 0.3) is 76.9 Å². The highest BCUT2D eigenvalue weighted by Gasteiger charge is 2.21. The van der Waals surface area contributed by atoms with E-state index in [1.807, 2.05) is 31.2 Å². The van der Waals surface area contributed by atoms with Crippen molar-refractivity contribution in [1.29, 1.82) is 0 Å². The number of hydrogen-bond donors (Lipinski definition) is 0. The Morgan fingerprint density at radius 3 is 1.98 bits per heavy atom. The Bertz CT molecular complexity index is 2720. The molecule has 0 fully saturated rings. The molecule has 0 aliphatic carbocycles. The van der Waals surface area contributed by atoms with Gasteiger partial charge in [0.05, 0.1) is 16.7 Å². The summed E-state index contributed by atoms with van der Waals surface area (Å²) in [6.45, 7) is 6.21. The van der Waals surface area contributed by atoms with Crippen LogP contribution < -0.4 is 4.90 Å². The molecule has 0 atom stereocenters. The fourth-order valence-corrected chi connectivity index (χ4v) is 7.39. The van der Waals surface area contributed by atoms with Crippen LogP contribution in [0.15, 0.2) is 167 Å². The van der Waals surface area contributed by atoms with E-state index in [9.17, 15) is 0 Å². The fraction of sp³-hybridized carbons (Fsp3) is 0.0455. The lowest BCUT2D eigenvalue weighted by Crippen LogP contribution is -2.16. The number of likely N-dealkylation sites (N-methyl/N-ethyl adjacent to an activating group) is 1. The molecule has 0 radical (unpaired) electrons. The van der Waals surface area contributed by atoms with Crippen molar-refractivity contribution in [3.8, 4) is 5.69 Å². The molecule has 0 bridgehead atoms. The second-order valence-corrected chi connectivity index (χ2v) is 12.1. The molecule has 0 aliphatic rings. The van der Waals surface area contributed by atoms with Crippen molar-refractivity contribution in [2.45, 2.75) is 6.92 Å². The highest BCUT2D eigenvalue weighted by atomic mass is 16.3. The van der Waals surface area contributed by atoms with Crippen LogP contribution in [0.5, 0.6) is 0 Å². The second kappa shape index (κ2) is 10.9. The summed E-state index contributed by atoms with van der Waals surface area (Å²) in [6, 6.07) is 44.5. The third-order valence-corrected chi connectivity index (χ3v) is 9.51. The average molecular weight is 621 g/mol. The Hall–Kier alpha value is -6.26. The maximum atomic E-state index is 6.74. The van der Waals surface area contributed by atoms with E-state index in [0.29, 0.717) is 0 Å². The van der Waals surface area contributed by atoms with E-state index >= 15 is 0 Å². The molecule has 0 amide bonds. The van der Waals surface area contributed by atoms with Crippen molar-refractivity contribution >= 4 is 76.9 Å². The minimum Gasteiger partial charge on any atom is -0.456 e. The summed E-state index contributed by atoms with van der Waals surface area (Å²) < 4.78 is 15.6. The van der Waals surface area contributed by atoms with Gasteiger partial charge in [0.15, 0.2) is 5.58 Å². The third-order valence-electron chi connectivity index (χ3n) is 9.51. The Balaban J connectivity index is 1.29. The fourth-order valence-electron chi connectivity index (χ4n) is 7.39. The molecule has 4 heteroatoms. The molecule has 4 nitrogen and oxygen atoms in total. The Morgan fingerprint density at radius 1 is 0.646 bits per heavy atom. The number of rotatable bonds is 6. The van der Waals surface area contributed by atoms with E-state index in [1.54, 1.807) is 0 Å². The summed E-state index contributed by atoms with van der Waals surface area (Å²) in [5.41, 5.74) is 10.9. The van der Waals surface area contributed by atoms with Gasteiger partial charge in [0.1, 0.15) is 16.7 Å². The van der Waals surface area contributed by atoms with E-state index in [1.165, 1.54) is 21.8 Å². The van der Waals surface area contributed by atoms with E-state index in [2.05, 4.69) is 144 Å². The molecule has 0 spiro atoms. The molecule has 0 saturated heterocycles. The molecule has 9 aromatic rings. The summed E-state index contributed by atoms with van der Waals surface area (Å²) >= 11 is 0. The normalized spacial score (nSPS) is 12.7. The minimum atomic E-state index is 0.826. The number of para-hydroxylation sites is 3. The SMILES string of the molecule is C=C/C(=C(\C=C/C)N(C)c1cccc2c1oc1ccc3oc4ccc(-n5c6ccccc6c6ccccc65)cc4c3c12)c1ccccc1. The highest BCUT2D eigenvalue weighted by Crippen LogP contribution is 2.44. The number of benzene rings is 6. The van der Waals surface area contributed by atoms with E-state index < -0.39 is 0 Å². The van der Waals surface area contributed by atoms with Gasteiger partial charge in [-0.15, -0.1) is 0 Å². The summed E-state index contributed by atoms with van der Waals surface area (Å²) in [5.74, 6) is 0. The summed E-state index contributed by atoms with van der Waals surface area (Å²) in [7, 11) is 2.09. The van der Waals surface area contributed by atoms with Gasteiger partial charge < -0.3 is 18.3 Å². The van der Waals surface area contributed by atoms with Gasteiger partial charge in [0.25, 0.3) is 0 Å². The first-order valence-electron chi connectivity index (χ1n) is 16.2. The van der Waals surface area contributed by atoms with Gasteiger partial charge in [0.2, 0.25) is 0 Å². The average Bonchev–Trinajstić information content (AvgIpc) is 3.80. The van der Waals surface area contributed by atoms with Gasteiger partial charge in [0, 0.05) is 56.3 Å². The number of allylic oxidation sites excluding steroid dienone is 4. The van der Waals surface area contributed by atoms with Crippen molar-refractivity contribution in [3.05, 3.63) is 163 Å². The molecule has 48 heavy (non-hydrogen) atoms. The Kier molecular flexibility index (Phi) is 6.37. The molecule has 0 saturated carbocycles. The number of furan rings is 2. The van der Waals surface area contributed by atoms with Gasteiger partial charge in [-0.25, -0.2) is 0 Å². The topological polar surface area (TPSA) is 34.5 Å². The maximum absolute atomic E-state index is 6.74. The van der Waals surface area contributed by atoms with E-state index in [4.69, 9.17) is 8.83 Å². The number of fused-ring (bicyclic) bond motifs is 10. The molecular weight excluding hydrogens is 588 g/mol. The first kappa shape index (κ1) is 28.0. The quantitative estimate of drug-likeness (QED) is 0.173. The standard InChI is InChI=1S/C44H32N2O2/c1-4-14-35(30(5-2)28-15-7-6-8-16-28)45(3)38-22-13-19-33-42-41(48-44(33)38)26-25-40-43(42)34-27-29(23-24-39(34)47-40)46-36-20-11-9-17-31(36)32-18-10-12-21-37(32)46/h4-27H,2H2,1,3H3/b14-4-,35-30-. The number of anilines is 1. The molecule has 9 rings (SSSR count). The molecule has 6 aromatic carbocycles. The highest BCUT2D eigenvalue weighted by molar-refractivity contribution is 6.27. The summed E-state index contributed by atoms with van der Waals surface area (Å²) in [5, 5.41) is 6.70. The Labute approximate surface area is 277 Å². The lowest BCUT2D eigenvalue weighted by atomic mass is 10.0. The third kappa shape index (κ3) is 4.09. The molecule has 0 unspecified atom stereocenters. The zero-order chi connectivity index (χ0) is 32.4. The molecule has 0 N–H and O–H groups in total. The predicted molar refractivity (Wildman–Crippen MR) is 202 cm³/mol. The summed E-state index contributed by atoms with van der Waals surface area (Å²) in [6.07, 6.45) is 6.12. The second-order valence-electron chi connectivity index (χ2n) is 12.1. The Morgan fingerprint density at radius 2 is 1.27 bits per heavy atom. The van der Waals surface area contributed by atoms with Crippen molar-refractivity contribution in [2.75, 3.05) is 11.9 Å². The van der Waals surface area contributed by atoms with Crippen molar-refractivity contribution < 1.29 is 8.83 Å². The van der Waals surface area contributed by atoms with Crippen LogP contribution in [-0.2, 0) is 0 Å². The number of aromatic nitrogens is 1. The van der Waals surface area contributed by atoms with Crippen molar-refractivity contribution in [2.24, 2.45) is 0 Å². The van der Waals surface area contributed by atoms with Crippen molar-refractivity contribution in [3.63, 3.8) is 0 Å². The maximum Gasteiger partial charge on any atom is 0.159 e. The number of nitrogens with zero attached hydrogens (tertiary/aromatic N) is 2. The minimum absolute atomic E-state index is 0.826. The van der Waals surface area contributed by atoms with Crippen LogP contribution in [0.1, 0.15) is 12.5 Å². The van der Waals surface area contributed by atoms with Crippen molar-refractivity contribution in [1.82, 2.24) is 4.57 Å². The van der Waals surface area contributed by atoms with E-state index in [0.717, 1.165) is 72.1 Å². The first-order chi connectivity index (χ1) is 23.7. The zero-order valence-corrected chi connectivity index (χ0v) is 26.8. The molecule has 3 aromatic heterocycles. The van der Waals surface area contributed by atoms with Gasteiger partial charge in [-0.2, -0.15) is 0 Å². The van der Waals surface area contributed by atoms with Crippen LogP contribution in [0.4, 0.5) is 5.69 Å². The van der Waals surface area contributed by atoms with Gasteiger partial charge in [-0.3, -0.25) is 0 Å². The smallest absolute Gasteiger partial charge is 0.159 e. The van der Waals surface area contributed by atoms with Gasteiger partial charge in [-0.05, 0) is 67.1 Å². The molecule has 3 heterocycles. The molecule has 230 valence electrons. The predicted octanol–water partition coefficient (Wildman–Crippen LogP) is 12.2. The molecular formula is C44H32N2O2. The van der Waals surface area contributed by atoms with Crippen LogP contribution in [0, 0.1) is 0 Å². The zero-order valence-electron chi connectivity index (χ0n) is 26.8. The summed E-state index contributed by atoms with van der Waals surface area (Å²) in [4.78, 5) is 2.19. The largest absolute Gasteiger partial charge is 0.456 e. The monoisotopic (exact) mass is 620 g/mol. The van der Waals surface area contributed by atoms with Crippen LogP contribution >= 0.6 is 0 Å². The number of hydrogen-bond acceptors (Lipinski definition) is 3. The van der Waals surface area contributed by atoms with Crippen LogP contribution in [-0.4, -0.2) is 11.6 Å². The first-order valence-corrected chi connectivity index (χ1v) is 16.2.